The second-order valence-corrected chi connectivity index (χ2v) is 6.96. The first kappa shape index (κ1) is 13.8. The van der Waals surface area contributed by atoms with Crippen LogP contribution in [0, 0.1) is 6.92 Å². The molecule has 2 N–H and O–H groups in total. The van der Waals surface area contributed by atoms with E-state index >= 15 is 0 Å². The van der Waals surface area contributed by atoms with Crippen molar-refractivity contribution >= 4 is 33.7 Å². The molecule has 0 aromatic carbocycles. The van der Waals surface area contributed by atoms with E-state index in [1.807, 2.05) is 6.92 Å². The molecule has 2 aromatic heterocycles. The Balaban J connectivity index is 1.99. The van der Waals surface area contributed by atoms with E-state index in [2.05, 4.69) is 38.5 Å². The molecule has 0 spiro atoms. The number of nitrogens with two attached hydrogens (primary N) is 1. The van der Waals surface area contributed by atoms with Crippen molar-refractivity contribution in [2.75, 3.05) is 37.3 Å². The summed E-state index contributed by atoms with van der Waals surface area (Å²) >= 11 is 3.13. The van der Waals surface area contributed by atoms with Crippen molar-refractivity contribution in [2.24, 2.45) is 0 Å². The molecule has 108 valence electrons. The third-order valence-electron chi connectivity index (χ3n) is 3.62. The molecule has 1 aliphatic heterocycles. The molecule has 5 nitrogen and oxygen atoms in total. The van der Waals surface area contributed by atoms with E-state index in [9.17, 15) is 0 Å². The Bertz CT molecular complexity index is 606. The Morgan fingerprint density at radius 1 is 1.40 bits per heavy atom. The first-order chi connectivity index (χ1) is 9.56. The van der Waals surface area contributed by atoms with Crippen molar-refractivity contribution < 1.29 is 0 Å². The smallest absolute Gasteiger partial charge is 0.149 e. The maximum Gasteiger partial charge on any atom is 0.149 e. The third-order valence-corrected chi connectivity index (χ3v) is 5.50. The summed E-state index contributed by atoms with van der Waals surface area (Å²) in [4.78, 5) is 9.35. The number of hydrogen-bond acceptors (Lipinski definition) is 7. The van der Waals surface area contributed by atoms with Crippen LogP contribution in [0.1, 0.15) is 12.6 Å². The van der Waals surface area contributed by atoms with Gasteiger partial charge in [0, 0.05) is 36.8 Å². The molecule has 0 amide bonds. The quantitative estimate of drug-likeness (QED) is 0.922. The van der Waals surface area contributed by atoms with Crippen LogP contribution in [0.4, 0.5) is 10.8 Å². The van der Waals surface area contributed by atoms with Crippen LogP contribution in [-0.2, 0) is 0 Å². The van der Waals surface area contributed by atoms with E-state index in [1.54, 1.807) is 11.3 Å². The van der Waals surface area contributed by atoms with Gasteiger partial charge in [-0.3, -0.25) is 0 Å². The highest BCUT2D eigenvalue weighted by molar-refractivity contribution is 7.15. The van der Waals surface area contributed by atoms with Crippen molar-refractivity contribution in [1.82, 2.24) is 14.3 Å². The molecule has 1 fully saturated rings. The predicted molar refractivity (Wildman–Crippen MR) is 86.7 cm³/mol. The molecule has 20 heavy (non-hydrogen) atoms. The lowest BCUT2D eigenvalue weighted by Gasteiger charge is -2.39. The fourth-order valence-corrected chi connectivity index (χ4v) is 4.46. The van der Waals surface area contributed by atoms with Gasteiger partial charge in [0.2, 0.25) is 0 Å². The summed E-state index contributed by atoms with van der Waals surface area (Å²) in [6.45, 7) is 7.40. The lowest BCUT2D eigenvalue weighted by atomic mass is 10.2. The zero-order chi connectivity index (χ0) is 14.3. The molecule has 0 saturated carbocycles. The van der Waals surface area contributed by atoms with Gasteiger partial charge in [0.05, 0.1) is 5.56 Å². The van der Waals surface area contributed by atoms with Crippen molar-refractivity contribution in [3.63, 3.8) is 0 Å². The number of nitrogens with zero attached hydrogens (tertiary/aromatic N) is 4. The molecule has 3 rings (SSSR count). The van der Waals surface area contributed by atoms with Gasteiger partial charge in [-0.05, 0) is 32.4 Å². The summed E-state index contributed by atoms with van der Waals surface area (Å²) in [6.07, 6.45) is 0. The normalized spacial score (nSPS) is 20.6. The Morgan fingerprint density at radius 2 is 2.20 bits per heavy atom. The maximum absolute atomic E-state index is 6.09. The average Bonchev–Trinajstić information content (AvgIpc) is 2.96. The predicted octanol–water partition coefficient (Wildman–Crippen LogP) is 2.30. The number of thiazole rings is 1. The molecule has 1 unspecified atom stereocenters. The van der Waals surface area contributed by atoms with Crippen LogP contribution >= 0.6 is 22.9 Å². The van der Waals surface area contributed by atoms with Crippen molar-refractivity contribution in [2.45, 2.75) is 19.9 Å². The summed E-state index contributed by atoms with van der Waals surface area (Å²) in [5.41, 5.74) is 8.14. The molecule has 0 aliphatic carbocycles. The van der Waals surface area contributed by atoms with E-state index in [1.165, 1.54) is 11.5 Å². The fraction of sp³-hybridized carbons (Fsp3) is 0.538. The molecule has 1 saturated heterocycles. The standard InChI is InChI=1S/C13H19N5S2/c1-8-7-19-12(15-8)10-11(14)16-20-13(10)18-5-4-17(3)6-9(18)2/h7,9H,4-6H2,1-3H3,(H2,14,16). The molecule has 0 radical (unpaired) electrons. The Morgan fingerprint density at radius 3 is 2.85 bits per heavy atom. The van der Waals surface area contributed by atoms with Crippen molar-refractivity contribution in [3.05, 3.63) is 11.1 Å². The second kappa shape index (κ2) is 5.31. The van der Waals surface area contributed by atoms with E-state index < -0.39 is 0 Å². The number of rotatable bonds is 2. The van der Waals surface area contributed by atoms with Gasteiger partial charge in [-0.15, -0.1) is 11.3 Å². The minimum Gasteiger partial charge on any atom is -0.382 e. The van der Waals surface area contributed by atoms with Crippen LogP contribution in [0.5, 0.6) is 0 Å². The molecular formula is C13H19N5S2. The number of aromatic nitrogens is 2. The fourth-order valence-electron chi connectivity index (χ4n) is 2.60. The monoisotopic (exact) mass is 309 g/mol. The molecular weight excluding hydrogens is 290 g/mol. The highest BCUT2D eigenvalue weighted by atomic mass is 32.1. The minimum atomic E-state index is 0.466. The van der Waals surface area contributed by atoms with Crippen LogP contribution in [0.25, 0.3) is 10.6 Å². The average molecular weight is 309 g/mol. The lowest BCUT2D eigenvalue weighted by Crippen LogP contribution is -2.50. The van der Waals surface area contributed by atoms with E-state index in [4.69, 9.17) is 5.73 Å². The van der Waals surface area contributed by atoms with Gasteiger partial charge in [0.15, 0.2) is 0 Å². The van der Waals surface area contributed by atoms with Gasteiger partial charge in [-0.2, -0.15) is 4.37 Å². The summed E-state index contributed by atoms with van der Waals surface area (Å²) in [7, 11) is 2.17. The first-order valence-electron chi connectivity index (χ1n) is 6.69. The van der Waals surface area contributed by atoms with Gasteiger partial charge in [-0.25, -0.2) is 4.98 Å². The molecule has 3 heterocycles. The summed E-state index contributed by atoms with van der Waals surface area (Å²) in [5.74, 6) is 0.602. The van der Waals surface area contributed by atoms with E-state index in [-0.39, 0.29) is 0 Å². The Kier molecular flexibility index (Phi) is 3.66. The maximum atomic E-state index is 6.09. The number of piperazine rings is 1. The van der Waals surface area contributed by atoms with Crippen molar-refractivity contribution in [3.8, 4) is 10.6 Å². The van der Waals surface area contributed by atoms with E-state index in [0.29, 0.717) is 11.9 Å². The molecule has 1 atom stereocenters. The lowest BCUT2D eigenvalue weighted by molar-refractivity contribution is 0.276. The van der Waals surface area contributed by atoms with Gasteiger partial charge >= 0.3 is 0 Å². The first-order valence-corrected chi connectivity index (χ1v) is 8.34. The van der Waals surface area contributed by atoms with Crippen LogP contribution in [0.3, 0.4) is 0 Å². The van der Waals surface area contributed by atoms with Crippen LogP contribution < -0.4 is 10.6 Å². The number of hydrogen-bond donors (Lipinski definition) is 1. The summed E-state index contributed by atoms with van der Waals surface area (Å²) in [5, 5.41) is 4.20. The van der Waals surface area contributed by atoms with Crippen LogP contribution in [-0.4, -0.2) is 47.0 Å². The SMILES string of the molecule is Cc1csc(-c2c(N)nsc2N2CCN(C)CC2C)n1. The largest absolute Gasteiger partial charge is 0.382 e. The van der Waals surface area contributed by atoms with Gasteiger partial charge in [-0.1, -0.05) is 0 Å². The zero-order valence-electron chi connectivity index (χ0n) is 12.0. The van der Waals surface area contributed by atoms with Gasteiger partial charge < -0.3 is 15.5 Å². The second-order valence-electron chi connectivity index (χ2n) is 5.35. The highest BCUT2D eigenvalue weighted by Gasteiger charge is 2.28. The summed E-state index contributed by atoms with van der Waals surface area (Å²) < 4.78 is 4.36. The minimum absolute atomic E-state index is 0.466. The third kappa shape index (κ3) is 2.41. The molecule has 1 aliphatic rings. The molecule has 2 aromatic rings. The summed E-state index contributed by atoms with van der Waals surface area (Å²) in [6, 6.07) is 0.466. The molecule has 0 bridgehead atoms. The zero-order valence-corrected chi connectivity index (χ0v) is 13.6. The number of nitrogen functional groups attached to an aromatic ring is 1. The highest BCUT2D eigenvalue weighted by Crippen LogP contribution is 2.41. The topological polar surface area (TPSA) is 58.3 Å². The molecule has 7 heteroatoms. The Hall–Kier alpha value is -1.18. The van der Waals surface area contributed by atoms with E-state index in [0.717, 1.165) is 40.9 Å². The van der Waals surface area contributed by atoms with Crippen LogP contribution in [0.15, 0.2) is 5.38 Å². The Labute approximate surface area is 127 Å². The van der Waals surface area contributed by atoms with Gasteiger partial charge in [0.25, 0.3) is 0 Å². The number of anilines is 2. The number of likely N-dealkylation sites (N-methyl/N-ethyl adjacent to an activating group) is 1. The van der Waals surface area contributed by atoms with Crippen LogP contribution in [0.2, 0.25) is 0 Å². The van der Waals surface area contributed by atoms with Crippen molar-refractivity contribution in [1.29, 1.82) is 0 Å². The van der Waals surface area contributed by atoms with Gasteiger partial charge in [0.1, 0.15) is 15.8 Å². The number of aryl methyl sites for hydroxylation is 1.